The zero-order valence-electron chi connectivity index (χ0n) is 21.5. The van der Waals surface area contributed by atoms with Gasteiger partial charge in [-0.05, 0) is 77.9 Å². The van der Waals surface area contributed by atoms with Crippen molar-refractivity contribution < 1.29 is 9.59 Å². The van der Waals surface area contributed by atoms with Gasteiger partial charge in [0.05, 0.1) is 17.4 Å². The molecule has 6 rings (SSSR count). The standard InChI is InChI=1S/C32H29N5O2/c38-31(21-37-22-34-29-5-1-2-6-30(29)37)35-28-13-11-23(12-14-28)25-15-18-36(19-16-25)32(39)26-9-7-24(8-10-26)27-4-3-17-33-20-27/h1-14,17,20,22,25H,15-16,18-19,21H2,(H,35,38). The van der Waals surface area contributed by atoms with Gasteiger partial charge in [0, 0.05) is 36.7 Å². The maximum Gasteiger partial charge on any atom is 0.253 e. The van der Waals surface area contributed by atoms with E-state index in [1.165, 1.54) is 5.56 Å². The molecule has 39 heavy (non-hydrogen) atoms. The van der Waals surface area contributed by atoms with E-state index in [1.807, 2.05) is 88.5 Å². The van der Waals surface area contributed by atoms with Crippen molar-refractivity contribution >= 4 is 28.5 Å². The molecule has 0 spiro atoms. The number of carbonyl (C=O) groups excluding carboxylic acids is 2. The van der Waals surface area contributed by atoms with Crippen LogP contribution in [0.2, 0.25) is 0 Å². The Labute approximate surface area is 227 Å². The number of benzene rings is 3. The van der Waals surface area contributed by atoms with Crippen molar-refractivity contribution in [1.82, 2.24) is 19.4 Å². The Morgan fingerprint density at radius 3 is 2.36 bits per heavy atom. The molecule has 3 heterocycles. The summed E-state index contributed by atoms with van der Waals surface area (Å²) >= 11 is 0. The van der Waals surface area contributed by atoms with E-state index >= 15 is 0 Å². The summed E-state index contributed by atoms with van der Waals surface area (Å²) in [5, 5.41) is 2.99. The number of hydrogen-bond acceptors (Lipinski definition) is 4. The van der Waals surface area contributed by atoms with Crippen molar-refractivity contribution in [3.05, 3.63) is 115 Å². The second kappa shape index (κ2) is 10.9. The Morgan fingerprint density at radius 2 is 1.62 bits per heavy atom. The molecule has 1 saturated heterocycles. The van der Waals surface area contributed by atoms with Gasteiger partial charge in [0.25, 0.3) is 5.91 Å². The largest absolute Gasteiger partial charge is 0.339 e. The minimum Gasteiger partial charge on any atom is -0.339 e. The van der Waals surface area contributed by atoms with Crippen LogP contribution in [-0.4, -0.2) is 44.3 Å². The molecule has 5 aromatic rings. The molecule has 0 bridgehead atoms. The molecule has 3 aromatic carbocycles. The molecule has 2 aromatic heterocycles. The molecule has 7 heteroatoms. The van der Waals surface area contributed by atoms with Crippen LogP contribution in [0, 0.1) is 0 Å². The van der Waals surface area contributed by atoms with E-state index in [-0.39, 0.29) is 18.4 Å². The van der Waals surface area contributed by atoms with Crippen molar-refractivity contribution in [2.75, 3.05) is 18.4 Å². The third kappa shape index (κ3) is 5.43. The number of carbonyl (C=O) groups is 2. The fraction of sp³-hybridized carbons (Fsp3) is 0.188. The molecule has 194 valence electrons. The molecule has 0 saturated carbocycles. The van der Waals surface area contributed by atoms with Crippen LogP contribution < -0.4 is 5.32 Å². The molecule has 0 radical (unpaired) electrons. The highest BCUT2D eigenvalue weighted by atomic mass is 16.2. The van der Waals surface area contributed by atoms with E-state index in [1.54, 1.807) is 12.5 Å². The number of para-hydroxylation sites is 2. The summed E-state index contributed by atoms with van der Waals surface area (Å²) in [4.78, 5) is 36.2. The SMILES string of the molecule is O=C(Cn1cnc2ccccc21)Nc1ccc(C2CCN(C(=O)c3ccc(-c4cccnc4)cc3)CC2)cc1. The monoisotopic (exact) mass is 515 g/mol. The minimum atomic E-state index is -0.0915. The first-order chi connectivity index (χ1) is 19.1. The van der Waals surface area contributed by atoms with Gasteiger partial charge in [0.15, 0.2) is 0 Å². The number of nitrogens with zero attached hydrogens (tertiary/aromatic N) is 4. The van der Waals surface area contributed by atoms with E-state index in [9.17, 15) is 9.59 Å². The first-order valence-corrected chi connectivity index (χ1v) is 13.2. The lowest BCUT2D eigenvalue weighted by atomic mass is 9.89. The van der Waals surface area contributed by atoms with Gasteiger partial charge in [-0.1, -0.05) is 42.5 Å². The van der Waals surface area contributed by atoms with Crippen molar-refractivity contribution in [2.24, 2.45) is 0 Å². The first kappa shape index (κ1) is 24.6. The predicted molar refractivity (Wildman–Crippen MR) is 152 cm³/mol. The highest BCUT2D eigenvalue weighted by Crippen LogP contribution is 2.30. The second-order valence-corrected chi connectivity index (χ2v) is 9.92. The van der Waals surface area contributed by atoms with Gasteiger partial charge in [-0.2, -0.15) is 0 Å². The van der Waals surface area contributed by atoms with Crippen LogP contribution in [0.25, 0.3) is 22.2 Å². The van der Waals surface area contributed by atoms with E-state index in [0.717, 1.165) is 53.8 Å². The summed E-state index contributed by atoms with van der Waals surface area (Å²) in [6, 6.07) is 27.6. The lowest BCUT2D eigenvalue weighted by Gasteiger charge is -2.32. The van der Waals surface area contributed by atoms with Crippen LogP contribution in [-0.2, 0) is 11.3 Å². The average Bonchev–Trinajstić information content (AvgIpc) is 3.40. The zero-order chi connectivity index (χ0) is 26.6. The molecule has 1 aliphatic heterocycles. The van der Waals surface area contributed by atoms with Crippen molar-refractivity contribution in [3.8, 4) is 11.1 Å². The number of pyridine rings is 1. The van der Waals surface area contributed by atoms with Crippen LogP contribution in [0.1, 0.15) is 34.7 Å². The Balaban J connectivity index is 1.02. The van der Waals surface area contributed by atoms with Crippen LogP contribution in [0.15, 0.2) is 104 Å². The van der Waals surface area contributed by atoms with Gasteiger partial charge in [0.2, 0.25) is 5.91 Å². The van der Waals surface area contributed by atoms with Crippen molar-refractivity contribution in [1.29, 1.82) is 0 Å². The van der Waals surface area contributed by atoms with Crippen molar-refractivity contribution in [3.63, 3.8) is 0 Å². The summed E-state index contributed by atoms with van der Waals surface area (Å²) in [5.74, 6) is 0.380. The minimum absolute atomic E-state index is 0.0786. The fourth-order valence-electron chi connectivity index (χ4n) is 5.27. The van der Waals surface area contributed by atoms with Gasteiger partial charge in [-0.3, -0.25) is 14.6 Å². The maximum atomic E-state index is 13.1. The van der Waals surface area contributed by atoms with Crippen LogP contribution in [0.4, 0.5) is 5.69 Å². The van der Waals surface area contributed by atoms with Crippen LogP contribution >= 0.6 is 0 Å². The first-order valence-electron chi connectivity index (χ1n) is 13.2. The van der Waals surface area contributed by atoms with Gasteiger partial charge in [-0.15, -0.1) is 0 Å². The predicted octanol–water partition coefficient (Wildman–Crippen LogP) is 5.76. The molecule has 1 fully saturated rings. The van der Waals surface area contributed by atoms with E-state index in [2.05, 4.69) is 27.4 Å². The molecule has 0 aliphatic carbocycles. The van der Waals surface area contributed by atoms with Gasteiger partial charge >= 0.3 is 0 Å². The average molecular weight is 516 g/mol. The number of nitrogens with one attached hydrogen (secondary N) is 1. The number of anilines is 1. The number of hydrogen-bond donors (Lipinski definition) is 1. The Kier molecular flexibility index (Phi) is 6.87. The van der Waals surface area contributed by atoms with Gasteiger partial charge in [0.1, 0.15) is 6.54 Å². The number of rotatable bonds is 6. The van der Waals surface area contributed by atoms with E-state index < -0.39 is 0 Å². The summed E-state index contributed by atoms with van der Waals surface area (Å²) in [7, 11) is 0. The van der Waals surface area contributed by atoms with Crippen LogP contribution in [0.5, 0.6) is 0 Å². The smallest absolute Gasteiger partial charge is 0.253 e. The molecule has 1 aliphatic rings. The number of fused-ring (bicyclic) bond motifs is 1. The third-order valence-corrected chi connectivity index (χ3v) is 7.42. The van der Waals surface area contributed by atoms with Crippen molar-refractivity contribution in [2.45, 2.75) is 25.3 Å². The highest BCUT2D eigenvalue weighted by Gasteiger charge is 2.24. The Bertz CT molecular complexity index is 1590. The molecule has 2 amide bonds. The molecular weight excluding hydrogens is 486 g/mol. The highest BCUT2D eigenvalue weighted by molar-refractivity contribution is 5.95. The van der Waals surface area contributed by atoms with Gasteiger partial charge in [-0.25, -0.2) is 4.98 Å². The number of imidazole rings is 1. The van der Waals surface area contributed by atoms with Gasteiger partial charge < -0.3 is 14.8 Å². The Hall–Kier alpha value is -4.78. The zero-order valence-corrected chi connectivity index (χ0v) is 21.5. The summed E-state index contributed by atoms with van der Waals surface area (Å²) in [6.07, 6.45) is 7.11. The van der Waals surface area contributed by atoms with E-state index in [0.29, 0.717) is 11.5 Å². The molecule has 7 nitrogen and oxygen atoms in total. The maximum absolute atomic E-state index is 13.1. The number of aromatic nitrogens is 3. The lowest BCUT2D eigenvalue weighted by molar-refractivity contribution is -0.116. The number of amides is 2. The number of piperidine rings is 1. The third-order valence-electron chi connectivity index (χ3n) is 7.42. The molecular formula is C32H29N5O2. The Morgan fingerprint density at radius 1 is 0.846 bits per heavy atom. The number of likely N-dealkylation sites (tertiary alicyclic amines) is 1. The summed E-state index contributed by atoms with van der Waals surface area (Å²) in [6.45, 7) is 1.66. The van der Waals surface area contributed by atoms with Crippen LogP contribution in [0.3, 0.4) is 0 Å². The molecule has 0 unspecified atom stereocenters. The second-order valence-electron chi connectivity index (χ2n) is 9.92. The molecule has 1 N–H and O–H groups in total. The lowest BCUT2D eigenvalue weighted by Crippen LogP contribution is -2.37. The summed E-state index contributed by atoms with van der Waals surface area (Å²) in [5.41, 5.74) is 6.63. The van der Waals surface area contributed by atoms with E-state index in [4.69, 9.17) is 0 Å². The fourth-order valence-corrected chi connectivity index (χ4v) is 5.27. The molecule has 0 atom stereocenters. The topological polar surface area (TPSA) is 80.1 Å². The summed E-state index contributed by atoms with van der Waals surface area (Å²) < 4.78 is 1.85. The normalized spacial score (nSPS) is 13.9. The quantitative estimate of drug-likeness (QED) is 0.312.